The first kappa shape index (κ1) is 21.0. The van der Waals surface area contributed by atoms with E-state index < -0.39 is 10.0 Å². The van der Waals surface area contributed by atoms with Gasteiger partial charge in [-0.3, -0.25) is 4.79 Å². The van der Waals surface area contributed by atoms with Crippen molar-refractivity contribution in [3.05, 3.63) is 57.0 Å². The number of hydrogen-bond acceptors (Lipinski definition) is 3. The van der Waals surface area contributed by atoms with Gasteiger partial charge >= 0.3 is 0 Å². The Labute approximate surface area is 167 Å². The molecule has 0 atom stereocenters. The molecule has 0 heterocycles. The minimum absolute atomic E-state index is 0.190. The number of aryl methyl sites for hydroxylation is 1. The zero-order valence-corrected chi connectivity index (χ0v) is 16.9. The van der Waals surface area contributed by atoms with Crippen LogP contribution in [-0.2, 0) is 21.2 Å². The first-order chi connectivity index (χ1) is 12.2. The summed E-state index contributed by atoms with van der Waals surface area (Å²) in [7, 11) is -3.48. The van der Waals surface area contributed by atoms with Crippen LogP contribution >= 0.6 is 34.8 Å². The third kappa shape index (κ3) is 5.59. The predicted molar refractivity (Wildman–Crippen MR) is 106 cm³/mol. The molecule has 26 heavy (non-hydrogen) atoms. The van der Waals surface area contributed by atoms with Crippen LogP contribution in [0.1, 0.15) is 18.9 Å². The molecule has 0 bridgehead atoms. The van der Waals surface area contributed by atoms with E-state index in [9.17, 15) is 13.2 Å². The average molecular weight is 436 g/mol. The van der Waals surface area contributed by atoms with Crippen molar-refractivity contribution in [1.29, 1.82) is 0 Å². The zero-order chi connectivity index (χ0) is 19.3. The minimum Gasteiger partial charge on any atom is -0.325 e. The molecule has 0 aliphatic rings. The summed E-state index contributed by atoms with van der Waals surface area (Å²) in [5, 5.41) is 3.58. The van der Waals surface area contributed by atoms with Crippen molar-refractivity contribution >= 4 is 56.4 Å². The number of halogens is 3. The molecule has 1 amide bonds. The number of carbonyl (C=O) groups is 1. The second kappa shape index (κ2) is 9.06. The minimum atomic E-state index is -3.48. The van der Waals surface area contributed by atoms with Crippen LogP contribution in [0.5, 0.6) is 0 Å². The molecule has 0 saturated heterocycles. The Bertz CT molecular complexity index is 900. The summed E-state index contributed by atoms with van der Waals surface area (Å²) in [6, 6.07) is 9.35. The van der Waals surface area contributed by atoms with Gasteiger partial charge in [0.1, 0.15) is 0 Å². The molecule has 9 heteroatoms. The summed E-state index contributed by atoms with van der Waals surface area (Å²) < 4.78 is 26.2. The van der Waals surface area contributed by atoms with Gasteiger partial charge in [-0.05, 0) is 36.2 Å². The number of hydrogen-bond donors (Lipinski definition) is 2. The Balaban J connectivity index is 1.96. The molecule has 2 N–H and O–H groups in total. The molecule has 140 valence electrons. The van der Waals surface area contributed by atoms with Gasteiger partial charge in [0, 0.05) is 13.0 Å². The maximum atomic E-state index is 12.1. The van der Waals surface area contributed by atoms with Crippen molar-refractivity contribution in [3.8, 4) is 0 Å². The molecule has 0 aliphatic heterocycles. The molecule has 0 unspecified atom stereocenters. The first-order valence-corrected chi connectivity index (χ1v) is 10.4. The van der Waals surface area contributed by atoms with Gasteiger partial charge in [-0.25, -0.2) is 13.1 Å². The molecular weight excluding hydrogens is 419 g/mol. The lowest BCUT2D eigenvalue weighted by molar-refractivity contribution is -0.116. The van der Waals surface area contributed by atoms with Crippen LogP contribution in [0.2, 0.25) is 15.1 Å². The van der Waals surface area contributed by atoms with Crippen molar-refractivity contribution < 1.29 is 13.2 Å². The van der Waals surface area contributed by atoms with Crippen LogP contribution in [0.4, 0.5) is 5.69 Å². The highest BCUT2D eigenvalue weighted by molar-refractivity contribution is 7.89. The quantitative estimate of drug-likeness (QED) is 0.628. The fraction of sp³-hybridized carbons (Fsp3) is 0.235. The van der Waals surface area contributed by atoms with E-state index in [0.29, 0.717) is 33.7 Å². The fourth-order valence-electron chi connectivity index (χ4n) is 2.20. The standard InChI is InChI=1S/C17H17Cl3N2O3S/c1-2-21-26(24,25)12-6-3-11(4-7-12)5-8-17(23)22-16-10-14(19)13(18)9-15(16)20/h3-4,6-7,9-10,21H,2,5,8H2,1H3,(H,22,23). The molecule has 2 aromatic rings. The maximum absolute atomic E-state index is 12.1. The second-order valence-electron chi connectivity index (χ2n) is 5.44. The molecular formula is C17H17Cl3N2O3S. The van der Waals surface area contributed by atoms with Gasteiger partial charge in [0.25, 0.3) is 0 Å². The largest absolute Gasteiger partial charge is 0.325 e. The number of rotatable bonds is 7. The topological polar surface area (TPSA) is 75.3 Å². The van der Waals surface area contributed by atoms with Crippen LogP contribution in [0.3, 0.4) is 0 Å². The fourth-order valence-corrected chi connectivity index (χ4v) is 3.83. The number of carbonyl (C=O) groups excluding carboxylic acids is 1. The number of benzene rings is 2. The van der Waals surface area contributed by atoms with Crippen molar-refractivity contribution in [3.63, 3.8) is 0 Å². The van der Waals surface area contributed by atoms with E-state index in [4.69, 9.17) is 34.8 Å². The smallest absolute Gasteiger partial charge is 0.240 e. The molecule has 2 rings (SSSR count). The van der Waals surface area contributed by atoms with Gasteiger partial charge in [-0.1, -0.05) is 53.9 Å². The Morgan fingerprint density at radius 3 is 2.23 bits per heavy atom. The Morgan fingerprint density at radius 2 is 1.62 bits per heavy atom. The van der Waals surface area contributed by atoms with Crippen LogP contribution in [0.25, 0.3) is 0 Å². The average Bonchev–Trinajstić information content (AvgIpc) is 2.58. The third-order valence-corrected chi connectivity index (χ3v) is 6.09. The van der Waals surface area contributed by atoms with E-state index in [0.717, 1.165) is 5.56 Å². The summed E-state index contributed by atoms with van der Waals surface area (Å²) in [4.78, 5) is 12.3. The van der Waals surface area contributed by atoms with Gasteiger partial charge < -0.3 is 5.32 Å². The molecule has 5 nitrogen and oxygen atoms in total. The van der Waals surface area contributed by atoms with Crippen molar-refractivity contribution in [2.45, 2.75) is 24.7 Å². The van der Waals surface area contributed by atoms with Gasteiger partial charge in [-0.2, -0.15) is 0 Å². The Hall–Kier alpha value is -1.31. The highest BCUT2D eigenvalue weighted by Crippen LogP contribution is 2.32. The number of anilines is 1. The highest BCUT2D eigenvalue weighted by atomic mass is 35.5. The number of amides is 1. The van der Waals surface area contributed by atoms with Gasteiger partial charge in [0.15, 0.2) is 0 Å². The van der Waals surface area contributed by atoms with Crippen molar-refractivity contribution in [2.75, 3.05) is 11.9 Å². The molecule has 0 radical (unpaired) electrons. The van der Waals surface area contributed by atoms with Crippen molar-refractivity contribution in [1.82, 2.24) is 4.72 Å². The summed E-state index contributed by atoms with van der Waals surface area (Å²) >= 11 is 17.8. The van der Waals surface area contributed by atoms with Crippen molar-refractivity contribution in [2.24, 2.45) is 0 Å². The van der Waals surface area contributed by atoms with E-state index in [-0.39, 0.29) is 17.2 Å². The lowest BCUT2D eigenvalue weighted by atomic mass is 10.1. The van der Waals surface area contributed by atoms with E-state index in [1.54, 1.807) is 19.1 Å². The molecule has 0 saturated carbocycles. The zero-order valence-electron chi connectivity index (χ0n) is 13.9. The van der Waals surface area contributed by atoms with Crippen LogP contribution in [0.15, 0.2) is 41.3 Å². The predicted octanol–water partition coefficient (Wildman–Crippen LogP) is 4.52. The van der Waals surface area contributed by atoms with Crippen LogP contribution in [-0.4, -0.2) is 20.9 Å². The lowest BCUT2D eigenvalue weighted by Crippen LogP contribution is -2.23. The molecule has 0 aliphatic carbocycles. The van der Waals surface area contributed by atoms with Crippen LogP contribution in [0, 0.1) is 0 Å². The maximum Gasteiger partial charge on any atom is 0.240 e. The number of nitrogens with one attached hydrogen (secondary N) is 2. The molecule has 0 spiro atoms. The van der Waals surface area contributed by atoms with Gasteiger partial charge in [-0.15, -0.1) is 0 Å². The molecule has 0 fully saturated rings. The van der Waals surface area contributed by atoms with E-state index in [2.05, 4.69) is 10.0 Å². The molecule has 2 aromatic carbocycles. The SMILES string of the molecule is CCNS(=O)(=O)c1ccc(CCC(=O)Nc2cc(Cl)c(Cl)cc2Cl)cc1. The second-order valence-corrected chi connectivity index (χ2v) is 8.43. The molecule has 0 aromatic heterocycles. The normalized spacial score (nSPS) is 11.4. The summed E-state index contributed by atoms with van der Waals surface area (Å²) in [6.07, 6.45) is 0.655. The van der Waals surface area contributed by atoms with E-state index in [1.165, 1.54) is 24.3 Å². The lowest BCUT2D eigenvalue weighted by Gasteiger charge is -2.09. The van der Waals surface area contributed by atoms with Gasteiger partial charge in [0.05, 0.1) is 25.7 Å². The highest BCUT2D eigenvalue weighted by Gasteiger charge is 2.13. The van der Waals surface area contributed by atoms with Gasteiger partial charge in [0.2, 0.25) is 15.9 Å². The summed E-state index contributed by atoms with van der Waals surface area (Å²) in [5.41, 5.74) is 1.23. The summed E-state index contributed by atoms with van der Waals surface area (Å²) in [6.45, 7) is 2.03. The monoisotopic (exact) mass is 434 g/mol. The summed E-state index contributed by atoms with van der Waals surface area (Å²) in [5.74, 6) is -0.241. The third-order valence-electron chi connectivity index (χ3n) is 3.49. The van der Waals surface area contributed by atoms with E-state index >= 15 is 0 Å². The number of sulfonamides is 1. The first-order valence-electron chi connectivity index (χ1n) is 7.76. The van der Waals surface area contributed by atoms with Crippen LogP contribution < -0.4 is 10.0 Å². The Morgan fingerprint density at radius 1 is 1.00 bits per heavy atom. The van der Waals surface area contributed by atoms with E-state index in [1.807, 2.05) is 0 Å². The Kier molecular flexibility index (Phi) is 7.32.